The van der Waals surface area contributed by atoms with E-state index in [-0.39, 0.29) is 21.7 Å². The first-order valence-corrected chi connectivity index (χ1v) is 28.2. The van der Waals surface area contributed by atoms with E-state index in [0.29, 0.717) is 0 Å². The van der Waals surface area contributed by atoms with E-state index in [0.717, 1.165) is 50.3 Å². The van der Waals surface area contributed by atoms with E-state index in [2.05, 4.69) is 260 Å². The van der Waals surface area contributed by atoms with E-state index in [4.69, 9.17) is 8.83 Å². The van der Waals surface area contributed by atoms with Crippen LogP contribution in [-0.2, 0) is 21.7 Å². The van der Waals surface area contributed by atoms with Gasteiger partial charge in [0.15, 0.2) is 0 Å². The van der Waals surface area contributed by atoms with Crippen molar-refractivity contribution in [1.29, 1.82) is 0 Å². The number of benzene rings is 11. The van der Waals surface area contributed by atoms with Gasteiger partial charge in [-0.3, -0.25) is 0 Å². The molecule has 0 fully saturated rings. The molecule has 0 unspecified atom stereocenters. The van der Waals surface area contributed by atoms with Crippen LogP contribution in [0.2, 0.25) is 0 Å². The van der Waals surface area contributed by atoms with Crippen molar-refractivity contribution in [1.82, 2.24) is 0 Å². The monoisotopic (exact) mass is 1020 g/mol. The molecule has 0 N–H and O–H groups in total. The lowest BCUT2D eigenvalue weighted by Gasteiger charge is -2.32. The van der Waals surface area contributed by atoms with E-state index >= 15 is 0 Å². The van der Waals surface area contributed by atoms with Gasteiger partial charge in [-0.05, 0) is 149 Å². The minimum Gasteiger partial charge on any atom is -0.455 e. The van der Waals surface area contributed by atoms with Crippen LogP contribution in [0.5, 0.6) is 0 Å². The Kier molecular flexibility index (Phi) is 8.57. The second-order valence-electron chi connectivity index (χ2n) is 25.1. The maximum absolute atomic E-state index is 7.11. The summed E-state index contributed by atoms with van der Waals surface area (Å²) in [7, 11) is 0. The number of furan rings is 2. The highest BCUT2D eigenvalue weighted by Crippen LogP contribution is 2.64. The molecule has 0 saturated carbocycles. The Balaban J connectivity index is 0.873. The lowest BCUT2D eigenvalue weighted by Crippen LogP contribution is -2.24. The number of fused-ring (bicyclic) bond motifs is 23. The van der Waals surface area contributed by atoms with Gasteiger partial charge >= 0.3 is 0 Å². The molecule has 0 bridgehead atoms. The Morgan fingerprint density at radius 3 is 1.52 bits per heavy atom. The summed E-state index contributed by atoms with van der Waals surface area (Å²) in [5.41, 5.74) is 29.5. The zero-order chi connectivity index (χ0) is 53.2. The van der Waals surface area contributed by atoms with E-state index < -0.39 is 0 Å². The molecule has 378 valence electrons. The van der Waals surface area contributed by atoms with E-state index in [1.807, 2.05) is 0 Å². The second-order valence-corrected chi connectivity index (χ2v) is 25.1. The van der Waals surface area contributed by atoms with E-state index in [9.17, 15) is 0 Å². The molecule has 0 atom stereocenters. The fourth-order valence-electron chi connectivity index (χ4n) is 15.8. The molecule has 13 aromatic rings. The summed E-state index contributed by atoms with van der Waals surface area (Å²) in [6, 6.07) is 75.0. The zero-order valence-electron chi connectivity index (χ0n) is 45.8. The number of nitrogens with zero attached hydrogens (tertiary/aromatic N) is 1. The zero-order valence-corrected chi connectivity index (χ0v) is 45.8. The van der Waals surface area contributed by atoms with Gasteiger partial charge in [-0.25, -0.2) is 0 Å². The van der Waals surface area contributed by atoms with Crippen molar-refractivity contribution in [2.45, 2.75) is 77.0 Å². The van der Waals surface area contributed by atoms with Crippen LogP contribution in [0.1, 0.15) is 99.9 Å². The van der Waals surface area contributed by atoms with Crippen molar-refractivity contribution in [2.24, 2.45) is 0 Å². The van der Waals surface area contributed by atoms with Gasteiger partial charge in [0.1, 0.15) is 22.3 Å². The molecular formula is C76H57NO2. The average Bonchev–Trinajstić information content (AvgIpc) is 3.06. The predicted molar refractivity (Wildman–Crippen MR) is 329 cm³/mol. The Hall–Kier alpha value is -8.92. The first-order valence-electron chi connectivity index (χ1n) is 28.2. The highest BCUT2D eigenvalue weighted by molar-refractivity contribution is 6.22. The minimum atomic E-state index is -0.363. The normalized spacial score (nSPS) is 16.0. The molecule has 17 rings (SSSR count). The third-order valence-electron chi connectivity index (χ3n) is 19.6. The van der Waals surface area contributed by atoms with Crippen molar-refractivity contribution < 1.29 is 8.83 Å². The summed E-state index contributed by atoms with van der Waals surface area (Å²) in [5, 5.41) is 7.14. The molecule has 2 heterocycles. The topological polar surface area (TPSA) is 29.5 Å². The van der Waals surface area contributed by atoms with Crippen molar-refractivity contribution in [3.05, 3.63) is 245 Å². The molecule has 4 aliphatic rings. The summed E-state index contributed by atoms with van der Waals surface area (Å²) in [5.74, 6) is 0. The third kappa shape index (κ3) is 5.62. The van der Waals surface area contributed by atoms with Gasteiger partial charge in [-0.15, -0.1) is 0 Å². The van der Waals surface area contributed by atoms with E-state index in [1.54, 1.807) is 0 Å². The highest BCUT2D eigenvalue weighted by atomic mass is 16.3. The van der Waals surface area contributed by atoms with Crippen LogP contribution in [0.15, 0.2) is 209 Å². The van der Waals surface area contributed by atoms with Crippen LogP contribution in [-0.4, -0.2) is 0 Å². The fourth-order valence-corrected chi connectivity index (χ4v) is 15.8. The van der Waals surface area contributed by atoms with E-state index in [1.165, 1.54) is 122 Å². The third-order valence-corrected chi connectivity index (χ3v) is 19.6. The molecule has 11 aromatic carbocycles. The number of rotatable bonds is 4. The lowest BCUT2D eigenvalue weighted by molar-refractivity contribution is 0.600. The first kappa shape index (κ1) is 45.1. The number of anilines is 3. The smallest absolute Gasteiger partial charge is 0.144 e. The Labute approximate surface area is 460 Å². The van der Waals surface area contributed by atoms with Crippen LogP contribution in [0.4, 0.5) is 17.1 Å². The van der Waals surface area contributed by atoms with Crippen molar-refractivity contribution in [3.8, 4) is 55.6 Å². The Bertz CT molecular complexity index is 4910. The quantitative estimate of drug-likeness (QED) is 0.176. The van der Waals surface area contributed by atoms with Gasteiger partial charge < -0.3 is 13.7 Å². The second kappa shape index (κ2) is 15.0. The molecule has 0 radical (unpaired) electrons. The summed E-state index contributed by atoms with van der Waals surface area (Å²) >= 11 is 0. The van der Waals surface area contributed by atoms with Crippen molar-refractivity contribution in [2.75, 3.05) is 4.90 Å². The molecule has 0 aliphatic heterocycles. The number of hydrogen-bond donors (Lipinski definition) is 0. The summed E-state index contributed by atoms with van der Waals surface area (Å²) < 4.78 is 14.2. The summed E-state index contributed by atoms with van der Waals surface area (Å²) in [6.07, 6.45) is 0. The Morgan fingerprint density at radius 2 is 0.797 bits per heavy atom. The van der Waals surface area contributed by atoms with Crippen LogP contribution in [0, 0.1) is 0 Å². The maximum Gasteiger partial charge on any atom is 0.144 e. The Morgan fingerprint density at radius 1 is 0.316 bits per heavy atom. The molecule has 3 heteroatoms. The largest absolute Gasteiger partial charge is 0.455 e. The van der Waals surface area contributed by atoms with Gasteiger partial charge in [-0.2, -0.15) is 0 Å². The number of hydrogen-bond acceptors (Lipinski definition) is 3. The first-order chi connectivity index (χ1) is 38.2. The van der Waals surface area contributed by atoms with Gasteiger partial charge in [0.2, 0.25) is 0 Å². The minimum absolute atomic E-state index is 0.128. The summed E-state index contributed by atoms with van der Waals surface area (Å²) in [4.78, 5) is 2.53. The maximum atomic E-state index is 7.11. The molecule has 4 aliphatic carbocycles. The molecule has 3 nitrogen and oxygen atoms in total. The van der Waals surface area contributed by atoms with Gasteiger partial charge in [-0.1, -0.05) is 201 Å². The highest BCUT2D eigenvalue weighted by Gasteiger charge is 2.49. The standard InChI is InChI=1S/C76H57NO2/c1-73(2)55-27-15-11-23-47(55)48-35-32-43(38-57(48)73)54-41-60-64(66-52-25-13-17-30-62(52)78-71(54)66)50-36-33-44(39-58(50)74(60,3)4)77(61-29-19-21-42-20-9-10-22-46(42)61)45-34-37-51-59(40-45)76(7,8)70-68(51)72-67(53-26-14-18-31-63(53)79-72)65-49-24-12-16-28-56(49)75(5,6)69(65)70/h9-41H,1-8H3. The molecule has 2 aromatic heterocycles. The van der Waals surface area contributed by atoms with Crippen LogP contribution >= 0.6 is 0 Å². The average molecular weight is 1020 g/mol. The summed E-state index contributed by atoms with van der Waals surface area (Å²) in [6.45, 7) is 19.3. The van der Waals surface area contributed by atoms with Gasteiger partial charge in [0.05, 0.1) is 5.69 Å². The van der Waals surface area contributed by atoms with Crippen molar-refractivity contribution in [3.63, 3.8) is 0 Å². The molecule has 0 spiro atoms. The van der Waals surface area contributed by atoms with Crippen LogP contribution in [0.25, 0.3) is 110 Å². The fraction of sp³-hybridized carbons (Fsp3) is 0.158. The molecule has 0 saturated heterocycles. The SMILES string of the molecule is CC1(C)c2ccccc2-c2ccc(-c3cc4c(c5c3oc3ccccc35)-c3ccc(N(c5ccc6c(c5)C(C)(C)c5c7c(c8c(oc9ccccc98)c5-6)-c5ccccc5C7(C)C)c5cccc6ccccc56)cc3C4(C)C)cc21. The van der Waals surface area contributed by atoms with Gasteiger partial charge in [0, 0.05) is 71.1 Å². The van der Waals surface area contributed by atoms with Crippen LogP contribution < -0.4 is 4.90 Å². The number of para-hydroxylation sites is 2. The van der Waals surface area contributed by atoms with Crippen molar-refractivity contribution >= 4 is 71.7 Å². The molecular weight excluding hydrogens is 959 g/mol. The molecule has 0 amide bonds. The molecule has 79 heavy (non-hydrogen) atoms. The lowest BCUT2D eigenvalue weighted by atomic mass is 9.72. The van der Waals surface area contributed by atoms with Gasteiger partial charge in [0.25, 0.3) is 0 Å². The predicted octanol–water partition coefficient (Wildman–Crippen LogP) is 21.0. The van der Waals surface area contributed by atoms with Crippen LogP contribution in [0.3, 0.4) is 0 Å².